The largest absolute Gasteiger partial charge is 0.396 e. The van der Waals surface area contributed by atoms with Crippen molar-refractivity contribution in [2.45, 2.75) is 31.7 Å². The minimum atomic E-state index is -0.413. The SMILES string of the molecule is O=C(c1cc(F)cc(Br)c1)N1CCCC1CCCO. The smallest absolute Gasteiger partial charge is 0.254 e. The molecular formula is C14H17BrFNO2. The monoisotopic (exact) mass is 329 g/mol. The van der Waals surface area contributed by atoms with E-state index < -0.39 is 5.82 Å². The molecule has 1 amide bonds. The Morgan fingerprint density at radius 2 is 2.26 bits per heavy atom. The number of benzene rings is 1. The van der Waals surface area contributed by atoms with Crippen LogP contribution in [0, 0.1) is 5.82 Å². The van der Waals surface area contributed by atoms with Gasteiger partial charge < -0.3 is 10.0 Å². The number of nitrogens with zero attached hydrogens (tertiary/aromatic N) is 1. The summed E-state index contributed by atoms with van der Waals surface area (Å²) < 4.78 is 13.9. The topological polar surface area (TPSA) is 40.5 Å². The number of halogens is 2. The Labute approximate surface area is 120 Å². The zero-order chi connectivity index (χ0) is 13.8. The average molecular weight is 330 g/mol. The molecule has 0 aromatic heterocycles. The van der Waals surface area contributed by atoms with E-state index in [9.17, 15) is 9.18 Å². The lowest BCUT2D eigenvalue weighted by molar-refractivity contribution is 0.0724. The number of likely N-dealkylation sites (tertiary alicyclic amines) is 1. The lowest BCUT2D eigenvalue weighted by Gasteiger charge is -2.24. The maximum atomic E-state index is 13.3. The predicted octanol–water partition coefficient (Wildman–Crippen LogP) is 2.97. The number of aliphatic hydroxyl groups is 1. The van der Waals surface area contributed by atoms with Crippen molar-refractivity contribution >= 4 is 21.8 Å². The Hall–Kier alpha value is -0.940. The molecule has 1 aromatic carbocycles. The highest BCUT2D eigenvalue weighted by molar-refractivity contribution is 9.10. The van der Waals surface area contributed by atoms with Gasteiger partial charge in [0.2, 0.25) is 0 Å². The average Bonchev–Trinajstić information content (AvgIpc) is 2.82. The third-order valence-electron chi connectivity index (χ3n) is 3.44. The second kappa shape index (κ2) is 6.48. The molecule has 1 aliphatic heterocycles. The number of rotatable bonds is 4. The van der Waals surface area contributed by atoms with Gasteiger partial charge in [-0.15, -0.1) is 0 Å². The molecule has 0 spiro atoms. The summed E-state index contributed by atoms with van der Waals surface area (Å²) in [5.41, 5.74) is 0.378. The molecule has 0 saturated carbocycles. The van der Waals surface area contributed by atoms with Crippen LogP contribution in [0.25, 0.3) is 0 Å². The Bertz CT molecular complexity index is 447. The van der Waals surface area contributed by atoms with E-state index in [1.54, 1.807) is 11.0 Å². The van der Waals surface area contributed by atoms with Crippen molar-refractivity contribution < 1.29 is 14.3 Å². The molecule has 1 saturated heterocycles. The first-order valence-electron chi connectivity index (χ1n) is 6.49. The zero-order valence-corrected chi connectivity index (χ0v) is 12.2. The second-order valence-corrected chi connectivity index (χ2v) is 5.73. The molecular weight excluding hydrogens is 313 g/mol. The van der Waals surface area contributed by atoms with Crippen molar-refractivity contribution in [3.05, 3.63) is 34.1 Å². The van der Waals surface area contributed by atoms with Gasteiger partial charge in [0.1, 0.15) is 5.82 Å². The van der Waals surface area contributed by atoms with Crippen LogP contribution in [0.1, 0.15) is 36.0 Å². The van der Waals surface area contributed by atoms with Crippen LogP contribution in [-0.4, -0.2) is 35.1 Å². The van der Waals surface area contributed by atoms with Gasteiger partial charge in [0.15, 0.2) is 0 Å². The summed E-state index contributed by atoms with van der Waals surface area (Å²) in [6, 6.07) is 4.42. The van der Waals surface area contributed by atoms with Gasteiger partial charge in [-0.05, 0) is 43.9 Å². The minimum Gasteiger partial charge on any atom is -0.396 e. The van der Waals surface area contributed by atoms with Crippen LogP contribution in [0.5, 0.6) is 0 Å². The van der Waals surface area contributed by atoms with Crippen LogP contribution < -0.4 is 0 Å². The molecule has 1 N–H and O–H groups in total. The van der Waals surface area contributed by atoms with Crippen LogP contribution in [0.3, 0.4) is 0 Å². The molecule has 104 valence electrons. The Morgan fingerprint density at radius 3 is 2.95 bits per heavy atom. The Kier molecular flexibility index (Phi) is 4.93. The van der Waals surface area contributed by atoms with Gasteiger partial charge in [0, 0.05) is 29.2 Å². The molecule has 0 radical (unpaired) electrons. The summed E-state index contributed by atoms with van der Waals surface area (Å²) >= 11 is 3.20. The number of carbonyl (C=O) groups excluding carboxylic acids is 1. The van der Waals surface area contributed by atoms with Crippen molar-refractivity contribution in [2.24, 2.45) is 0 Å². The van der Waals surface area contributed by atoms with Gasteiger partial charge in [0.05, 0.1) is 0 Å². The molecule has 1 atom stereocenters. The molecule has 1 fully saturated rings. The number of hydrogen-bond acceptors (Lipinski definition) is 2. The molecule has 1 heterocycles. The first-order chi connectivity index (χ1) is 9.11. The predicted molar refractivity (Wildman–Crippen MR) is 74.5 cm³/mol. The van der Waals surface area contributed by atoms with E-state index in [0.717, 1.165) is 19.3 Å². The van der Waals surface area contributed by atoms with Gasteiger partial charge in [-0.3, -0.25) is 4.79 Å². The van der Waals surface area contributed by atoms with Crippen LogP contribution in [0.15, 0.2) is 22.7 Å². The maximum absolute atomic E-state index is 13.3. The van der Waals surface area contributed by atoms with E-state index in [-0.39, 0.29) is 18.6 Å². The third kappa shape index (κ3) is 3.54. The molecule has 1 aliphatic rings. The molecule has 0 bridgehead atoms. The fourth-order valence-electron chi connectivity index (χ4n) is 2.57. The van der Waals surface area contributed by atoms with Gasteiger partial charge in [0.25, 0.3) is 5.91 Å². The first kappa shape index (κ1) is 14.5. The van der Waals surface area contributed by atoms with E-state index >= 15 is 0 Å². The molecule has 1 aromatic rings. The van der Waals surface area contributed by atoms with Gasteiger partial charge in [-0.1, -0.05) is 15.9 Å². The number of carbonyl (C=O) groups is 1. The van der Waals surface area contributed by atoms with Gasteiger partial charge in [-0.2, -0.15) is 0 Å². The summed E-state index contributed by atoms with van der Waals surface area (Å²) in [6.07, 6.45) is 3.43. The molecule has 0 aliphatic carbocycles. The van der Waals surface area contributed by atoms with E-state index in [4.69, 9.17) is 5.11 Å². The summed E-state index contributed by atoms with van der Waals surface area (Å²) in [6.45, 7) is 0.854. The summed E-state index contributed by atoms with van der Waals surface area (Å²) in [5.74, 6) is -0.538. The van der Waals surface area contributed by atoms with E-state index in [0.29, 0.717) is 23.0 Å². The van der Waals surface area contributed by atoms with Crippen LogP contribution in [-0.2, 0) is 0 Å². The summed E-state index contributed by atoms with van der Waals surface area (Å²) in [7, 11) is 0. The molecule has 19 heavy (non-hydrogen) atoms. The van der Waals surface area contributed by atoms with Gasteiger partial charge >= 0.3 is 0 Å². The highest BCUT2D eigenvalue weighted by Crippen LogP contribution is 2.25. The lowest BCUT2D eigenvalue weighted by atomic mass is 10.1. The minimum absolute atomic E-state index is 0.124. The molecule has 2 rings (SSSR count). The Morgan fingerprint density at radius 1 is 1.47 bits per heavy atom. The van der Waals surface area contributed by atoms with Gasteiger partial charge in [-0.25, -0.2) is 4.39 Å². The third-order valence-corrected chi connectivity index (χ3v) is 3.90. The fraction of sp³-hybridized carbons (Fsp3) is 0.500. The number of aliphatic hydroxyl groups excluding tert-OH is 1. The van der Waals surface area contributed by atoms with E-state index in [1.807, 2.05) is 0 Å². The number of amides is 1. The van der Waals surface area contributed by atoms with E-state index in [2.05, 4.69) is 15.9 Å². The van der Waals surface area contributed by atoms with Crippen LogP contribution in [0.2, 0.25) is 0 Å². The standard InChI is InChI=1S/C14H17BrFNO2/c15-11-7-10(8-12(16)9-11)14(19)17-5-1-3-13(17)4-2-6-18/h7-9,13,18H,1-6H2. The van der Waals surface area contributed by atoms with Crippen molar-refractivity contribution in [1.82, 2.24) is 4.90 Å². The molecule has 3 nitrogen and oxygen atoms in total. The van der Waals surface area contributed by atoms with Crippen LogP contribution in [0.4, 0.5) is 4.39 Å². The highest BCUT2D eigenvalue weighted by Gasteiger charge is 2.29. The quantitative estimate of drug-likeness (QED) is 0.922. The van der Waals surface area contributed by atoms with E-state index in [1.165, 1.54) is 12.1 Å². The first-order valence-corrected chi connectivity index (χ1v) is 7.29. The van der Waals surface area contributed by atoms with Crippen molar-refractivity contribution in [3.8, 4) is 0 Å². The normalized spacial score (nSPS) is 18.9. The fourth-order valence-corrected chi connectivity index (χ4v) is 3.04. The number of hydrogen-bond donors (Lipinski definition) is 1. The zero-order valence-electron chi connectivity index (χ0n) is 10.6. The Balaban J connectivity index is 2.13. The second-order valence-electron chi connectivity index (χ2n) is 4.82. The molecule has 1 unspecified atom stereocenters. The van der Waals surface area contributed by atoms with Crippen molar-refractivity contribution in [3.63, 3.8) is 0 Å². The van der Waals surface area contributed by atoms with Crippen molar-refractivity contribution in [2.75, 3.05) is 13.2 Å². The highest BCUT2D eigenvalue weighted by atomic mass is 79.9. The van der Waals surface area contributed by atoms with Crippen LogP contribution >= 0.6 is 15.9 Å². The molecule has 5 heteroatoms. The lowest BCUT2D eigenvalue weighted by Crippen LogP contribution is -2.35. The summed E-state index contributed by atoms with van der Waals surface area (Å²) in [5, 5.41) is 8.88. The summed E-state index contributed by atoms with van der Waals surface area (Å²) in [4.78, 5) is 14.2. The van der Waals surface area contributed by atoms with Crippen molar-refractivity contribution in [1.29, 1.82) is 0 Å². The maximum Gasteiger partial charge on any atom is 0.254 e.